The van der Waals surface area contributed by atoms with Gasteiger partial charge < -0.3 is 10.2 Å². The van der Waals surface area contributed by atoms with Crippen LogP contribution in [0.5, 0.6) is 0 Å². The van der Waals surface area contributed by atoms with E-state index in [1.807, 2.05) is 17.1 Å². The molecule has 1 aromatic rings. The number of hydrogen-bond donors (Lipinski definition) is 2. The number of fused-ring (bicyclic) bond motifs is 1. The van der Waals surface area contributed by atoms with Gasteiger partial charge in [-0.25, -0.2) is 5.01 Å². The molecule has 1 fully saturated rings. The Labute approximate surface area is 119 Å². The summed E-state index contributed by atoms with van der Waals surface area (Å²) < 4.78 is 0. The average molecular weight is 274 g/mol. The SMILES string of the molecule is CN1CCN(NC(=O)CC2CNc3ccccc32)CC1. The van der Waals surface area contributed by atoms with Crippen molar-refractivity contribution in [1.82, 2.24) is 15.3 Å². The third kappa shape index (κ3) is 2.94. The van der Waals surface area contributed by atoms with Crippen LogP contribution in [-0.2, 0) is 4.79 Å². The van der Waals surface area contributed by atoms with Crippen LogP contribution in [0, 0.1) is 0 Å². The van der Waals surface area contributed by atoms with Gasteiger partial charge in [0.1, 0.15) is 0 Å². The Hall–Kier alpha value is -1.59. The highest BCUT2D eigenvalue weighted by atomic mass is 16.2. The largest absolute Gasteiger partial charge is 0.384 e. The Balaban J connectivity index is 1.53. The molecule has 0 radical (unpaired) electrons. The van der Waals surface area contributed by atoms with Gasteiger partial charge in [0.05, 0.1) is 0 Å². The van der Waals surface area contributed by atoms with Crippen molar-refractivity contribution in [2.45, 2.75) is 12.3 Å². The number of benzene rings is 1. The number of hydrazine groups is 1. The molecule has 1 atom stereocenters. The molecular formula is C15H22N4O. The molecule has 5 nitrogen and oxygen atoms in total. The number of rotatable bonds is 3. The topological polar surface area (TPSA) is 47.6 Å². The quantitative estimate of drug-likeness (QED) is 0.858. The number of carbonyl (C=O) groups excluding carboxylic acids is 1. The normalized spacial score (nSPS) is 23.1. The lowest BCUT2D eigenvalue weighted by molar-refractivity contribution is -0.127. The zero-order valence-corrected chi connectivity index (χ0v) is 11.9. The van der Waals surface area contributed by atoms with Crippen molar-refractivity contribution in [2.75, 3.05) is 45.1 Å². The Morgan fingerprint density at radius 2 is 2.05 bits per heavy atom. The van der Waals surface area contributed by atoms with Crippen LogP contribution < -0.4 is 10.7 Å². The Morgan fingerprint density at radius 3 is 2.85 bits per heavy atom. The number of anilines is 1. The Bertz CT molecular complexity index is 483. The molecule has 20 heavy (non-hydrogen) atoms. The lowest BCUT2D eigenvalue weighted by atomic mass is 9.98. The predicted molar refractivity (Wildman–Crippen MR) is 79.5 cm³/mol. The van der Waals surface area contributed by atoms with Gasteiger partial charge >= 0.3 is 0 Å². The van der Waals surface area contributed by atoms with Crippen LogP contribution in [0.15, 0.2) is 24.3 Å². The smallest absolute Gasteiger partial charge is 0.234 e. The number of amides is 1. The van der Waals surface area contributed by atoms with Crippen molar-refractivity contribution in [2.24, 2.45) is 0 Å². The van der Waals surface area contributed by atoms with Gasteiger partial charge in [-0.15, -0.1) is 0 Å². The van der Waals surface area contributed by atoms with Gasteiger partial charge in [-0.05, 0) is 18.7 Å². The van der Waals surface area contributed by atoms with E-state index in [-0.39, 0.29) is 5.91 Å². The van der Waals surface area contributed by atoms with Crippen molar-refractivity contribution in [3.8, 4) is 0 Å². The summed E-state index contributed by atoms with van der Waals surface area (Å²) in [4.78, 5) is 14.4. The first-order chi connectivity index (χ1) is 9.72. The molecule has 0 saturated carbocycles. The summed E-state index contributed by atoms with van der Waals surface area (Å²) >= 11 is 0. The van der Waals surface area contributed by atoms with E-state index < -0.39 is 0 Å². The van der Waals surface area contributed by atoms with Crippen LogP contribution in [0.3, 0.4) is 0 Å². The van der Waals surface area contributed by atoms with Crippen molar-refractivity contribution >= 4 is 11.6 Å². The van der Waals surface area contributed by atoms with Crippen LogP contribution >= 0.6 is 0 Å². The molecule has 1 saturated heterocycles. The van der Waals surface area contributed by atoms with Gasteiger partial charge in [0, 0.05) is 50.7 Å². The first-order valence-corrected chi connectivity index (χ1v) is 7.28. The van der Waals surface area contributed by atoms with Crippen LogP contribution in [0.25, 0.3) is 0 Å². The van der Waals surface area contributed by atoms with E-state index in [4.69, 9.17) is 0 Å². The Morgan fingerprint density at radius 1 is 1.30 bits per heavy atom. The van der Waals surface area contributed by atoms with Crippen LogP contribution in [0.4, 0.5) is 5.69 Å². The minimum atomic E-state index is 0.123. The number of likely N-dealkylation sites (N-methyl/N-ethyl adjacent to an activating group) is 1. The maximum atomic E-state index is 12.2. The van der Waals surface area contributed by atoms with Gasteiger partial charge in [-0.1, -0.05) is 18.2 Å². The van der Waals surface area contributed by atoms with E-state index in [2.05, 4.69) is 34.8 Å². The molecule has 2 N–H and O–H groups in total. The van der Waals surface area contributed by atoms with Crippen LogP contribution in [0.2, 0.25) is 0 Å². The monoisotopic (exact) mass is 274 g/mol. The Kier molecular flexibility index (Phi) is 3.89. The number of piperazine rings is 1. The van der Waals surface area contributed by atoms with E-state index in [1.165, 1.54) is 11.3 Å². The summed E-state index contributed by atoms with van der Waals surface area (Å²) in [5.41, 5.74) is 5.47. The van der Waals surface area contributed by atoms with Crippen molar-refractivity contribution in [3.05, 3.63) is 29.8 Å². The fourth-order valence-electron chi connectivity index (χ4n) is 2.90. The molecule has 1 unspecified atom stereocenters. The molecule has 2 aliphatic rings. The minimum Gasteiger partial charge on any atom is -0.384 e. The second kappa shape index (κ2) is 5.81. The number of hydrogen-bond acceptors (Lipinski definition) is 4. The molecule has 108 valence electrons. The fourth-order valence-corrected chi connectivity index (χ4v) is 2.90. The second-order valence-electron chi connectivity index (χ2n) is 5.69. The summed E-state index contributed by atoms with van der Waals surface area (Å²) in [5.74, 6) is 0.414. The van der Waals surface area contributed by atoms with E-state index in [9.17, 15) is 4.79 Å². The summed E-state index contributed by atoms with van der Waals surface area (Å²) in [5, 5.41) is 5.40. The number of para-hydroxylation sites is 1. The molecular weight excluding hydrogens is 252 g/mol. The molecule has 2 heterocycles. The first-order valence-electron chi connectivity index (χ1n) is 7.28. The molecule has 1 aromatic carbocycles. The van der Waals surface area contributed by atoms with Crippen molar-refractivity contribution < 1.29 is 4.79 Å². The van der Waals surface area contributed by atoms with E-state index >= 15 is 0 Å². The summed E-state index contributed by atoms with van der Waals surface area (Å²) in [7, 11) is 2.11. The molecule has 1 amide bonds. The molecule has 0 bridgehead atoms. The molecule has 0 aliphatic carbocycles. The highest BCUT2D eigenvalue weighted by Gasteiger charge is 2.25. The zero-order valence-electron chi connectivity index (χ0n) is 11.9. The third-order valence-corrected chi connectivity index (χ3v) is 4.16. The highest BCUT2D eigenvalue weighted by molar-refractivity contribution is 5.77. The van der Waals surface area contributed by atoms with Gasteiger partial charge in [0.25, 0.3) is 0 Å². The summed E-state index contributed by atoms with van der Waals surface area (Å²) in [6, 6.07) is 8.26. The number of carbonyl (C=O) groups is 1. The van der Waals surface area contributed by atoms with Gasteiger partial charge in [-0.2, -0.15) is 0 Å². The van der Waals surface area contributed by atoms with Gasteiger partial charge in [0.2, 0.25) is 5.91 Å². The van der Waals surface area contributed by atoms with Crippen molar-refractivity contribution in [3.63, 3.8) is 0 Å². The minimum absolute atomic E-state index is 0.123. The third-order valence-electron chi connectivity index (χ3n) is 4.16. The molecule has 2 aliphatic heterocycles. The summed E-state index contributed by atoms with van der Waals surface area (Å²) in [6.07, 6.45) is 0.552. The number of nitrogens with one attached hydrogen (secondary N) is 2. The molecule has 5 heteroatoms. The van der Waals surface area contributed by atoms with Crippen LogP contribution in [-0.4, -0.2) is 55.6 Å². The zero-order chi connectivity index (χ0) is 13.9. The maximum absolute atomic E-state index is 12.2. The predicted octanol–water partition coefficient (Wildman–Crippen LogP) is 0.864. The van der Waals surface area contributed by atoms with Crippen molar-refractivity contribution in [1.29, 1.82) is 0 Å². The number of nitrogens with zero attached hydrogens (tertiary/aromatic N) is 2. The van der Waals surface area contributed by atoms with Gasteiger partial charge in [-0.3, -0.25) is 10.2 Å². The molecule has 0 aromatic heterocycles. The molecule has 0 spiro atoms. The van der Waals surface area contributed by atoms with E-state index in [0.717, 1.165) is 32.7 Å². The first kappa shape index (κ1) is 13.4. The van der Waals surface area contributed by atoms with E-state index in [1.54, 1.807) is 0 Å². The van der Waals surface area contributed by atoms with E-state index in [0.29, 0.717) is 12.3 Å². The second-order valence-corrected chi connectivity index (χ2v) is 5.69. The summed E-state index contributed by atoms with van der Waals surface area (Å²) in [6.45, 7) is 4.68. The lowest BCUT2D eigenvalue weighted by Gasteiger charge is -2.32. The standard InChI is InChI=1S/C15H22N4O/c1-18-6-8-19(9-7-18)17-15(20)10-12-11-16-14-5-3-2-4-13(12)14/h2-5,12,16H,6-11H2,1H3,(H,17,20). The lowest BCUT2D eigenvalue weighted by Crippen LogP contribution is -2.52. The van der Waals surface area contributed by atoms with Gasteiger partial charge in [0.15, 0.2) is 0 Å². The fraction of sp³-hybridized carbons (Fsp3) is 0.533. The molecule has 3 rings (SSSR count). The maximum Gasteiger partial charge on any atom is 0.234 e. The highest BCUT2D eigenvalue weighted by Crippen LogP contribution is 2.32. The average Bonchev–Trinajstić information content (AvgIpc) is 2.85. The van der Waals surface area contributed by atoms with Crippen LogP contribution in [0.1, 0.15) is 17.9 Å².